The van der Waals surface area contributed by atoms with Gasteiger partial charge in [-0.15, -0.1) is 12.4 Å². The van der Waals surface area contributed by atoms with E-state index < -0.39 is 33.4 Å². The summed E-state index contributed by atoms with van der Waals surface area (Å²) in [5, 5.41) is 3.29. The fraction of sp³-hybridized carbons (Fsp3) is 0.636. The van der Waals surface area contributed by atoms with Gasteiger partial charge in [0.15, 0.2) is 5.78 Å². The number of sulfonamides is 1. The molecule has 3 aliphatic rings. The molecule has 0 aliphatic carbocycles. The summed E-state index contributed by atoms with van der Waals surface area (Å²) in [4.78, 5) is 29.9. The van der Waals surface area contributed by atoms with Gasteiger partial charge in [0.25, 0.3) is 5.91 Å². The minimum atomic E-state index is -3.77. The number of amides is 1. The lowest BCUT2D eigenvalue weighted by molar-refractivity contribution is -0.132. The molecule has 1 N–H and O–H groups in total. The van der Waals surface area contributed by atoms with E-state index in [0.717, 1.165) is 35.8 Å². The predicted octanol–water partition coefficient (Wildman–Crippen LogP) is 2.06. The number of likely N-dealkylation sites (tertiary alicyclic amines) is 1. The molecule has 9 heteroatoms. The molecule has 0 radical (unpaired) electrons. The van der Waals surface area contributed by atoms with Crippen molar-refractivity contribution in [3.63, 3.8) is 0 Å². The molecule has 4 rings (SSSR count). The van der Waals surface area contributed by atoms with Crippen LogP contribution in [0.5, 0.6) is 0 Å². The number of nitrogens with zero attached hydrogens (tertiary/aromatic N) is 2. The first-order chi connectivity index (χ1) is 14.2. The first-order valence-electron chi connectivity index (χ1n) is 10.8. The molecule has 3 aliphatic heterocycles. The minimum Gasteiger partial charge on any atom is -0.310 e. The molecule has 7 nitrogen and oxygen atoms in total. The SMILES string of the molecule is CC(C)[C@@]1(C(=O)c2cccc(CN3CCCC3)c2)C(=O)N(S(C)(=O)=O)[C@H]2CCN[C@@H]21.Cl. The molecule has 0 unspecified atom stereocenters. The summed E-state index contributed by atoms with van der Waals surface area (Å²) in [6, 6.07) is 6.49. The monoisotopic (exact) mass is 469 g/mol. The Morgan fingerprint density at radius 3 is 2.55 bits per heavy atom. The molecule has 0 bridgehead atoms. The maximum absolute atomic E-state index is 13.9. The van der Waals surface area contributed by atoms with E-state index in [0.29, 0.717) is 18.5 Å². The number of fused-ring (bicyclic) bond motifs is 1. The van der Waals surface area contributed by atoms with Gasteiger partial charge < -0.3 is 5.32 Å². The van der Waals surface area contributed by atoms with Crippen molar-refractivity contribution >= 4 is 34.1 Å². The van der Waals surface area contributed by atoms with Crippen molar-refractivity contribution in [1.29, 1.82) is 0 Å². The van der Waals surface area contributed by atoms with Crippen molar-refractivity contribution < 1.29 is 18.0 Å². The van der Waals surface area contributed by atoms with Crippen LogP contribution in [-0.4, -0.2) is 67.3 Å². The van der Waals surface area contributed by atoms with Crippen LogP contribution < -0.4 is 5.32 Å². The molecule has 0 spiro atoms. The van der Waals surface area contributed by atoms with E-state index in [1.807, 2.05) is 32.0 Å². The van der Waals surface area contributed by atoms with E-state index in [1.54, 1.807) is 6.07 Å². The first kappa shape index (κ1) is 24.2. The molecule has 3 fully saturated rings. The van der Waals surface area contributed by atoms with Crippen molar-refractivity contribution in [3.05, 3.63) is 35.4 Å². The zero-order valence-corrected chi connectivity index (χ0v) is 20.0. The van der Waals surface area contributed by atoms with E-state index in [9.17, 15) is 18.0 Å². The van der Waals surface area contributed by atoms with E-state index in [4.69, 9.17) is 0 Å². The Balaban J connectivity index is 0.00000272. The molecule has 31 heavy (non-hydrogen) atoms. The third kappa shape index (κ3) is 3.92. The van der Waals surface area contributed by atoms with Crippen LogP contribution in [0.3, 0.4) is 0 Å². The van der Waals surface area contributed by atoms with Gasteiger partial charge in [0.2, 0.25) is 10.0 Å². The lowest BCUT2D eigenvalue weighted by atomic mass is 9.67. The number of carbonyl (C=O) groups is 2. The highest BCUT2D eigenvalue weighted by Crippen LogP contribution is 2.48. The van der Waals surface area contributed by atoms with Gasteiger partial charge >= 0.3 is 0 Å². The van der Waals surface area contributed by atoms with Crippen LogP contribution >= 0.6 is 12.4 Å². The second kappa shape index (κ2) is 8.81. The van der Waals surface area contributed by atoms with Crippen molar-refractivity contribution in [2.75, 3.05) is 25.9 Å². The normalized spacial score (nSPS) is 28.8. The smallest absolute Gasteiger partial charge is 0.252 e. The second-order valence-electron chi connectivity index (χ2n) is 9.19. The Labute approximate surface area is 191 Å². The molecule has 172 valence electrons. The maximum atomic E-state index is 13.9. The van der Waals surface area contributed by atoms with Gasteiger partial charge in [-0.25, -0.2) is 12.7 Å². The Hall–Kier alpha value is -1.48. The molecule has 0 saturated carbocycles. The standard InChI is InChI=1S/C22H31N3O4S.ClH/c1-15(2)22(19-18(9-10-23-19)25(21(22)27)30(3,28)29)20(26)17-8-6-7-16(13-17)14-24-11-4-5-12-24;/h6-8,13,15,18-19,23H,4-5,9-12,14H2,1-3H3;1H/t18-,19-,22+;/m0./s1. The van der Waals surface area contributed by atoms with Crippen molar-refractivity contribution in [1.82, 2.24) is 14.5 Å². The van der Waals surface area contributed by atoms with Crippen molar-refractivity contribution in [3.8, 4) is 0 Å². The molecule has 0 aromatic heterocycles. The zero-order chi connectivity index (χ0) is 21.7. The van der Waals surface area contributed by atoms with Gasteiger partial charge in [-0.05, 0) is 56.4 Å². The molecule has 1 amide bonds. The van der Waals surface area contributed by atoms with Crippen LogP contribution in [0.25, 0.3) is 0 Å². The predicted molar refractivity (Wildman–Crippen MR) is 122 cm³/mol. The Morgan fingerprint density at radius 2 is 1.94 bits per heavy atom. The summed E-state index contributed by atoms with van der Waals surface area (Å²) in [6.45, 7) is 7.17. The number of rotatable bonds is 6. The highest BCUT2D eigenvalue weighted by molar-refractivity contribution is 7.89. The van der Waals surface area contributed by atoms with Gasteiger partial charge in [0.1, 0.15) is 5.41 Å². The lowest BCUT2D eigenvalue weighted by Gasteiger charge is -2.34. The van der Waals surface area contributed by atoms with E-state index in [2.05, 4.69) is 10.2 Å². The highest BCUT2D eigenvalue weighted by Gasteiger charge is 2.67. The lowest BCUT2D eigenvalue weighted by Crippen LogP contribution is -2.54. The Bertz CT molecular complexity index is 961. The number of Topliss-reactive ketones (excluding diaryl/α,β-unsaturated/α-hetero) is 1. The van der Waals surface area contributed by atoms with Crippen LogP contribution in [0, 0.1) is 11.3 Å². The summed E-state index contributed by atoms with van der Waals surface area (Å²) in [7, 11) is -3.77. The van der Waals surface area contributed by atoms with E-state index in [1.165, 1.54) is 12.8 Å². The van der Waals surface area contributed by atoms with Crippen molar-refractivity contribution in [2.24, 2.45) is 11.3 Å². The number of hydrogen-bond acceptors (Lipinski definition) is 6. The number of halogens is 1. The first-order valence-corrected chi connectivity index (χ1v) is 12.7. The Kier molecular flexibility index (Phi) is 6.87. The molecule has 3 heterocycles. The highest BCUT2D eigenvalue weighted by atomic mass is 35.5. The average Bonchev–Trinajstić information content (AvgIpc) is 3.37. The third-order valence-corrected chi connectivity index (χ3v) is 8.12. The number of carbonyl (C=O) groups excluding carboxylic acids is 2. The van der Waals surface area contributed by atoms with Gasteiger partial charge in [0.05, 0.1) is 18.3 Å². The number of ketones is 1. The molecular weight excluding hydrogens is 438 g/mol. The maximum Gasteiger partial charge on any atom is 0.252 e. The van der Waals surface area contributed by atoms with Gasteiger partial charge in [-0.1, -0.05) is 32.0 Å². The summed E-state index contributed by atoms with van der Waals surface area (Å²) < 4.78 is 25.9. The summed E-state index contributed by atoms with van der Waals surface area (Å²) in [5.41, 5.74) is 0.107. The quantitative estimate of drug-likeness (QED) is 0.507. The van der Waals surface area contributed by atoms with Crippen LogP contribution in [0.15, 0.2) is 24.3 Å². The van der Waals surface area contributed by atoms with E-state index in [-0.39, 0.29) is 24.1 Å². The molecule has 3 atom stereocenters. The van der Waals surface area contributed by atoms with Crippen LogP contribution in [0.4, 0.5) is 0 Å². The Morgan fingerprint density at radius 1 is 1.26 bits per heavy atom. The van der Waals surface area contributed by atoms with Crippen LogP contribution in [0.2, 0.25) is 0 Å². The number of nitrogens with one attached hydrogen (secondary N) is 1. The third-order valence-electron chi connectivity index (χ3n) is 6.97. The van der Waals surface area contributed by atoms with Crippen molar-refractivity contribution in [2.45, 2.75) is 51.7 Å². The van der Waals surface area contributed by atoms with Crippen LogP contribution in [-0.2, 0) is 21.4 Å². The largest absolute Gasteiger partial charge is 0.310 e. The molecule has 3 saturated heterocycles. The van der Waals surface area contributed by atoms with Crippen LogP contribution in [0.1, 0.15) is 49.0 Å². The van der Waals surface area contributed by atoms with Gasteiger partial charge in [-0.3, -0.25) is 14.5 Å². The second-order valence-corrected chi connectivity index (χ2v) is 11.0. The number of hydrogen-bond donors (Lipinski definition) is 1. The minimum absolute atomic E-state index is 0. The van der Waals surface area contributed by atoms with E-state index >= 15 is 0 Å². The molecular formula is C22H32ClN3O4S. The summed E-state index contributed by atoms with van der Waals surface area (Å²) in [6.07, 6.45) is 3.97. The number of benzene rings is 1. The average molecular weight is 470 g/mol. The summed E-state index contributed by atoms with van der Waals surface area (Å²) >= 11 is 0. The van der Waals surface area contributed by atoms with Gasteiger partial charge in [0, 0.05) is 12.1 Å². The summed E-state index contributed by atoms with van der Waals surface area (Å²) in [5.74, 6) is -1.21. The topological polar surface area (TPSA) is 86.8 Å². The molecule has 1 aromatic carbocycles. The van der Waals surface area contributed by atoms with Gasteiger partial charge in [-0.2, -0.15) is 0 Å². The fourth-order valence-corrected chi connectivity index (χ4v) is 6.80. The molecule has 1 aromatic rings. The zero-order valence-electron chi connectivity index (χ0n) is 18.3. The fourth-order valence-electron chi connectivity index (χ4n) is 5.62.